The molecule has 1 saturated heterocycles. The van der Waals surface area contributed by atoms with Crippen molar-refractivity contribution in [2.45, 2.75) is 6.61 Å². The lowest BCUT2D eigenvalue weighted by molar-refractivity contribution is -0.384. The number of hydrogen-bond donors (Lipinski definition) is 0. The van der Waals surface area contributed by atoms with Crippen molar-refractivity contribution in [3.05, 3.63) is 63.3 Å². The Kier molecular flexibility index (Phi) is 5.52. The second-order valence-electron chi connectivity index (χ2n) is 5.77. The summed E-state index contributed by atoms with van der Waals surface area (Å²) in [6, 6.07) is 10.7. The molecular weight excluding hydrogens is 360 g/mol. The number of piperazine rings is 1. The zero-order valence-electron chi connectivity index (χ0n) is 13.9. The Balaban J connectivity index is 1.57. The zero-order chi connectivity index (χ0) is 18.5. The summed E-state index contributed by atoms with van der Waals surface area (Å²) in [6.07, 6.45) is 0.983. The highest BCUT2D eigenvalue weighted by molar-refractivity contribution is 6.30. The Morgan fingerprint density at radius 1 is 1.23 bits per heavy atom. The normalized spacial score (nSPS) is 14.2. The fourth-order valence-electron chi connectivity index (χ4n) is 2.71. The summed E-state index contributed by atoms with van der Waals surface area (Å²) in [5.74, 6) is 0.261. The molecule has 1 aromatic heterocycles. The van der Waals surface area contributed by atoms with Gasteiger partial charge in [-0.25, -0.2) is 9.78 Å². The van der Waals surface area contributed by atoms with E-state index in [9.17, 15) is 14.9 Å². The molecule has 0 aliphatic carbocycles. The summed E-state index contributed by atoms with van der Waals surface area (Å²) >= 11 is 5.79. The number of aromatic nitrogens is 1. The molecule has 3 rings (SSSR count). The zero-order valence-corrected chi connectivity index (χ0v) is 14.6. The van der Waals surface area contributed by atoms with Crippen LogP contribution in [0.1, 0.15) is 5.56 Å². The van der Waals surface area contributed by atoms with E-state index in [1.54, 1.807) is 9.80 Å². The smallest absolute Gasteiger partial charge is 0.410 e. The average Bonchev–Trinajstić information content (AvgIpc) is 2.67. The molecule has 0 N–H and O–H groups in total. The molecule has 0 bridgehead atoms. The third-order valence-corrected chi connectivity index (χ3v) is 4.26. The van der Waals surface area contributed by atoms with Crippen molar-refractivity contribution in [2.75, 3.05) is 31.1 Å². The highest BCUT2D eigenvalue weighted by Crippen LogP contribution is 2.29. The van der Waals surface area contributed by atoms with Crippen LogP contribution in [0.15, 0.2) is 42.6 Å². The lowest BCUT2D eigenvalue weighted by Gasteiger charge is -2.34. The molecule has 1 amide bonds. The molecule has 1 aliphatic rings. The molecule has 1 aromatic carbocycles. The van der Waals surface area contributed by atoms with Crippen molar-refractivity contribution < 1.29 is 14.5 Å². The Morgan fingerprint density at radius 3 is 2.58 bits per heavy atom. The number of amides is 1. The van der Waals surface area contributed by atoms with Gasteiger partial charge in [0.15, 0.2) is 0 Å². The van der Waals surface area contributed by atoms with Gasteiger partial charge >= 0.3 is 11.8 Å². The van der Waals surface area contributed by atoms with E-state index in [-0.39, 0.29) is 23.1 Å². The van der Waals surface area contributed by atoms with Gasteiger partial charge in [0.2, 0.25) is 5.82 Å². The first kappa shape index (κ1) is 17.9. The van der Waals surface area contributed by atoms with Crippen LogP contribution >= 0.6 is 11.6 Å². The van der Waals surface area contributed by atoms with Crippen LogP contribution in [0.5, 0.6) is 0 Å². The van der Waals surface area contributed by atoms with Gasteiger partial charge in [-0.1, -0.05) is 41.9 Å². The summed E-state index contributed by atoms with van der Waals surface area (Å²) in [5, 5.41) is 11.4. The lowest BCUT2D eigenvalue weighted by Crippen LogP contribution is -2.49. The van der Waals surface area contributed by atoms with Crippen molar-refractivity contribution >= 4 is 29.2 Å². The van der Waals surface area contributed by atoms with Crippen LogP contribution in [-0.4, -0.2) is 47.1 Å². The number of hydrogen-bond acceptors (Lipinski definition) is 6. The average molecular weight is 377 g/mol. The number of halogens is 1. The maximum atomic E-state index is 12.2. The predicted molar refractivity (Wildman–Crippen MR) is 96.3 cm³/mol. The number of rotatable bonds is 4. The van der Waals surface area contributed by atoms with Gasteiger partial charge in [-0.2, -0.15) is 0 Å². The van der Waals surface area contributed by atoms with Crippen LogP contribution in [0, 0.1) is 10.1 Å². The fourth-order valence-corrected chi connectivity index (χ4v) is 2.86. The highest BCUT2D eigenvalue weighted by Gasteiger charge is 2.27. The van der Waals surface area contributed by atoms with Crippen LogP contribution in [0.4, 0.5) is 16.3 Å². The minimum Gasteiger partial charge on any atom is -0.445 e. The van der Waals surface area contributed by atoms with E-state index in [0.29, 0.717) is 26.2 Å². The third kappa shape index (κ3) is 4.20. The number of benzene rings is 1. The van der Waals surface area contributed by atoms with Gasteiger partial charge in [-0.3, -0.25) is 10.1 Å². The van der Waals surface area contributed by atoms with Crippen molar-refractivity contribution in [3.63, 3.8) is 0 Å². The van der Waals surface area contributed by atoms with E-state index in [2.05, 4.69) is 4.98 Å². The monoisotopic (exact) mass is 376 g/mol. The molecule has 2 aromatic rings. The number of ether oxygens (including phenoxy) is 1. The molecule has 2 heterocycles. The van der Waals surface area contributed by atoms with Crippen molar-refractivity contribution in [3.8, 4) is 0 Å². The van der Waals surface area contributed by atoms with Gasteiger partial charge < -0.3 is 14.5 Å². The maximum Gasteiger partial charge on any atom is 0.410 e. The topological polar surface area (TPSA) is 88.8 Å². The van der Waals surface area contributed by atoms with E-state index in [4.69, 9.17) is 16.3 Å². The molecule has 9 heteroatoms. The SMILES string of the molecule is O=C(OCc1ccccc1)N1CCN(c2ncc(Cl)cc2[N+](=O)[O-])CC1. The molecular formula is C17H17ClN4O4. The van der Waals surface area contributed by atoms with Gasteiger partial charge in [-0.05, 0) is 5.56 Å². The summed E-state index contributed by atoms with van der Waals surface area (Å²) in [7, 11) is 0. The molecule has 26 heavy (non-hydrogen) atoms. The summed E-state index contributed by atoms with van der Waals surface area (Å²) in [5.41, 5.74) is 0.776. The second kappa shape index (κ2) is 8.01. The van der Waals surface area contributed by atoms with Gasteiger partial charge in [-0.15, -0.1) is 0 Å². The Bertz CT molecular complexity index is 795. The van der Waals surface area contributed by atoms with Crippen molar-refractivity contribution in [1.82, 2.24) is 9.88 Å². The Labute approximate surface area is 155 Å². The molecule has 1 fully saturated rings. The number of nitro groups is 1. The Hall–Kier alpha value is -2.87. The largest absolute Gasteiger partial charge is 0.445 e. The number of nitrogens with zero attached hydrogens (tertiary/aromatic N) is 4. The predicted octanol–water partition coefficient (Wildman–Crippen LogP) is 3.10. The van der Waals surface area contributed by atoms with E-state index in [1.165, 1.54) is 12.3 Å². The summed E-state index contributed by atoms with van der Waals surface area (Å²) in [6.45, 7) is 1.86. The third-order valence-electron chi connectivity index (χ3n) is 4.05. The molecule has 136 valence electrons. The van der Waals surface area contributed by atoms with E-state index in [0.717, 1.165) is 5.56 Å². The molecule has 0 spiro atoms. The first-order valence-corrected chi connectivity index (χ1v) is 8.43. The Morgan fingerprint density at radius 2 is 1.92 bits per heavy atom. The van der Waals surface area contributed by atoms with Crippen LogP contribution < -0.4 is 4.90 Å². The van der Waals surface area contributed by atoms with Crippen LogP contribution in [0.3, 0.4) is 0 Å². The molecule has 0 saturated carbocycles. The lowest BCUT2D eigenvalue weighted by atomic mass is 10.2. The second-order valence-corrected chi connectivity index (χ2v) is 6.20. The molecule has 0 radical (unpaired) electrons. The first-order chi connectivity index (χ1) is 12.5. The number of carbonyl (C=O) groups is 1. The summed E-state index contributed by atoms with van der Waals surface area (Å²) < 4.78 is 5.31. The molecule has 0 unspecified atom stereocenters. The van der Waals surface area contributed by atoms with Crippen molar-refractivity contribution in [2.24, 2.45) is 0 Å². The quantitative estimate of drug-likeness (QED) is 0.601. The van der Waals surface area contributed by atoms with Gasteiger partial charge in [0.05, 0.1) is 9.95 Å². The molecule has 8 nitrogen and oxygen atoms in total. The van der Waals surface area contributed by atoms with Gasteiger partial charge in [0.1, 0.15) is 6.61 Å². The van der Waals surface area contributed by atoms with Gasteiger partial charge in [0.25, 0.3) is 0 Å². The molecule has 0 atom stereocenters. The van der Waals surface area contributed by atoms with E-state index >= 15 is 0 Å². The highest BCUT2D eigenvalue weighted by atomic mass is 35.5. The number of anilines is 1. The minimum atomic E-state index is -0.505. The van der Waals surface area contributed by atoms with Crippen molar-refractivity contribution in [1.29, 1.82) is 0 Å². The van der Waals surface area contributed by atoms with E-state index < -0.39 is 11.0 Å². The van der Waals surface area contributed by atoms with Crippen LogP contribution in [0.25, 0.3) is 0 Å². The number of carbonyl (C=O) groups excluding carboxylic acids is 1. The van der Waals surface area contributed by atoms with Gasteiger partial charge in [0, 0.05) is 38.4 Å². The standard InChI is InChI=1S/C17H17ClN4O4/c18-14-10-15(22(24)25)16(19-11-14)20-6-8-21(9-7-20)17(23)26-12-13-4-2-1-3-5-13/h1-5,10-11H,6-9,12H2. The fraction of sp³-hybridized carbons (Fsp3) is 0.294. The van der Waals surface area contributed by atoms with Crippen LogP contribution in [-0.2, 0) is 11.3 Å². The van der Waals surface area contributed by atoms with Crippen LogP contribution in [0.2, 0.25) is 5.02 Å². The maximum absolute atomic E-state index is 12.2. The first-order valence-electron chi connectivity index (χ1n) is 8.05. The van der Waals surface area contributed by atoms with E-state index in [1.807, 2.05) is 30.3 Å². The summed E-state index contributed by atoms with van der Waals surface area (Å²) in [4.78, 5) is 30.3. The number of pyridine rings is 1. The minimum absolute atomic E-state index is 0.141. The molecule has 1 aliphatic heterocycles.